The van der Waals surface area contributed by atoms with Crippen LogP contribution in [-0.4, -0.2) is 48.1 Å². The smallest absolute Gasteiger partial charge is 0.0729 e. The van der Waals surface area contributed by atoms with Gasteiger partial charge in [-0.05, 0) is 39.0 Å². The van der Waals surface area contributed by atoms with E-state index in [0.717, 1.165) is 25.9 Å². The van der Waals surface area contributed by atoms with Crippen LogP contribution >= 0.6 is 0 Å². The average molecular weight is 270 g/mol. The monoisotopic (exact) mass is 270 g/mol. The summed E-state index contributed by atoms with van der Waals surface area (Å²) < 4.78 is 5.99. The molecule has 0 radical (unpaired) electrons. The van der Waals surface area contributed by atoms with Crippen molar-refractivity contribution >= 4 is 0 Å². The van der Waals surface area contributed by atoms with Crippen molar-refractivity contribution in [3.05, 3.63) is 0 Å². The number of ether oxygens (including phenoxy) is 1. The van der Waals surface area contributed by atoms with E-state index in [-0.39, 0.29) is 12.1 Å². The lowest BCUT2D eigenvalue weighted by atomic mass is 9.88. The van der Waals surface area contributed by atoms with Gasteiger partial charge in [-0.15, -0.1) is 0 Å². The normalized spacial score (nSPS) is 36.5. The first-order valence-electron chi connectivity index (χ1n) is 7.88. The number of hydrogen-bond acceptors (Lipinski definition) is 4. The van der Waals surface area contributed by atoms with Crippen molar-refractivity contribution in [3.63, 3.8) is 0 Å². The molecule has 0 bridgehead atoms. The highest BCUT2D eigenvalue weighted by Crippen LogP contribution is 2.24. The van der Waals surface area contributed by atoms with E-state index in [1.807, 2.05) is 0 Å². The second kappa shape index (κ2) is 7.02. The summed E-state index contributed by atoms with van der Waals surface area (Å²) in [4.78, 5) is 0. The molecule has 112 valence electrons. The van der Waals surface area contributed by atoms with Gasteiger partial charge in [-0.25, -0.2) is 0 Å². The molecule has 2 fully saturated rings. The molecule has 0 aromatic heterocycles. The maximum Gasteiger partial charge on any atom is 0.0729 e. The van der Waals surface area contributed by atoms with Crippen LogP contribution in [-0.2, 0) is 4.74 Å². The summed E-state index contributed by atoms with van der Waals surface area (Å²) >= 11 is 0. The van der Waals surface area contributed by atoms with E-state index in [4.69, 9.17) is 4.74 Å². The lowest BCUT2D eigenvalue weighted by molar-refractivity contribution is -0.0371. The highest BCUT2D eigenvalue weighted by Gasteiger charge is 2.32. The molecule has 2 aliphatic rings. The molecular weight excluding hydrogens is 240 g/mol. The van der Waals surface area contributed by atoms with Gasteiger partial charge in [-0.2, -0.15) is 0 Å². The largest absolute Gasteiger partial charge is 0.392 e. The third-order valence-corrected chi connectivity index (χ3v) is 4.30. The van der Waals surface area contributed by atoms with Crippen molar-refractivity contribution in [2.24, 2.45) is 0 Å². The molecule has 2 rings (SSSR count). The molecule has 4 nitrogen and oxygen atoms in total. The van der Waals surface area contributed by atoms with E-state index in [2.05, 4.69) is 31.4 Å². The molecule has 2 aliphatic carbocycles. The Bertz CT molecular complexity index is 273. The summed E-state index contributed by atoms with van der Waals surface area (Å²) in [6.45, 7) is 7.25. The SMILES string of the molecule is CC(C)NC1CCC1OCC(C)NC1CCCC1O. The van der Waals surface area contributed by atoms with Crippen LogP contribution in [0.2, 0.25) is 0 Å². The molecule has 0 aromatic rings. The second-order valence-corrected chi connectivity index (χ2v) is 6.55. The van der Waals surface area contributed by atoms with Crippen LogP contribution in [0.25, 0.3) is 0 Å². The Balaban J connectivity index is 1.62. The first-order valence-corrected chi connectivity index (χ1v) is 7.88. The molecule has 0 aliphatic heterocycles. The lowest BCUT2D eigenvalue weighted by Gasteiger charge is -2.39. The van der Waals surface area contributed by atoms with Crippen molar-refractivity contribution < 1.29 is 9.84 Å². The molecule has 5 unspecified atom stereocenters. The fourth-order valence-corrected chi connectivity index (χ4v) is 3.10. The average Bonchev–Trinajstić information content (AvgIpc) is 2.71. The van der Waals surface area contributed by atoms with Crippen molar-refractivity contribution in [3.8, 4) is 0 Å². The van der Waals surface area contributed by atoms with Gasteiger partial charge in [0.05, 0.1) is 18.8 Å². The summed E-state index contributed by atoms with van der Waals surface area (Å²) in [5.74, 6) is 0. The summed E-state index contributed by atoms with van der Waals surface area (Å²) in [6, 6.07) is 1.65. The maximum absolute atomic E-state index is 9.80. The van der Waals surface area contributed by atoms with Crippen LogP contribution in [0.5, 0.6) is 0 Å². The van der Waals surface area contributed by atoms with Gasteiger partial charge in [0, 0.05) is 24.2 Å². The first kappa shape index (κ1) is 15.2. The molecule has 0 aromatic carbocycles. The molecule has 2 saturated carbocycles. The van der Waals surface area contributed by atoms with Crippen molar-refractivity contribution in [2.45, 2.75) is 89.3 Å². The van der Waals surface area contributed by atoms with E-state index in [1.165, 1.54) is 12.8 Å². The Morgan fingerprint density at radius 3 is 2.37 bits per heavy atom. The Hall–Kier alpha value is -0.160. The Kier molecular flexibility index (Phi) is 5.63. The molecule has 19 heavy (non-hydrogen) atoms. The van der Waals surface area contributed by atoms with E-state index in [9.17, 15) is 5.11 Å². The third kappa shape index (κ3) is 4.42. The zero-order chi connectivity index (χ0) is 13.8. The molecule has 0 amide bonds. The van der Waals surface area contributed by atoms with E-state index in [0.29, 0.717) is 24.2 Å². The number of aliphatic hydroxyl groups excluding tert-OH is 1. The van der Waals surface area contributed by atoms with Gasteiger partial charge >= 0.3 is 0 Å². The van der Waals surface area contributed by atoms with E-state index in [1.54, 1.807) is 0 Å². The van der Waals surface area contributed by atoms with E-state index < -0.39 is 0 Å². The molecule has 0 spiro atoms. The van der Waals surface area contributed by atoms with E-state index >= 15 is 0 Å². The fraction of sp³-hybridized carbons (Fsp3) is 1.00. The second-order valence-electron chi connectivity index (χ2n) is 6.55. The van der Waals surface area contributed by atoms with Crippen molar-refractivity contribution in [2.75, 3.05) is 6.61 Å². The number of nitrogens with one attached hydrogen (secondary N) is 2. The van der Waals surface area contributed by atoms with Crippen molar-refractivity contribution in [1.82, 2.24) is 10.6 Å². The van der Waals surface area contributed by atoms with Gasteiger partial charge in [-0.3, -0.25) is 0 Å². The zero-order valence-corrected chi connectivity index (χ0v) is 12.6. The Morgan fingerprint density at radius 2 is 1.84 bits per heavy atom. The Labute approximate surface area is 117 Å². The maximum atomic E-state index is 9.80. The van der Waals surface area contributed by atoms with Crippen molar-refractivity contribution in [1.29, 1.82) is 0 Å². The quantitative estimate of drug-likeness (QED) is 0.655. The minimum Gasteiger partial charge on any atom is -0.392 e. The summed E-state index contributed by atoms with van der Waals surface area (Å²) in [7, 11) is 0. The minimum atomic E-state index is -0.165. The molecule has 5 atom stereocenters. The molecule has 0 saturated heterocycles. The Morgan fingerprint density at radius 1 is 1.05 bits per heavy atom. The third-order valence-electron chi connectivity index (χ3n) is 4.30. The summed E-state index contributed by atoms with van der Waals surface area (Å²) in [5, 5.41) is 16.8. The van der Waals surface area contributed by atoms with Gasteiger partial charge < -0.3 is 20.5 Å². The van der Waals surface area contributed by atoms with Gasteiger partial charge in [0.25, 0.3) is 0 Å². The fourth-order valence-electron chi connectivity index (χ4n) is 3.10. The lowest BCUT2D eigenvalue weighted by Crippen LogP contribution is -2.53. The topological polar surface area (TPSA) is 53.5 Å². The number of aliphatic hydroxyl groups is 1. The first-order chi connectivity index (χ1) is 9.06. The van der Waals surface area contributed by atoms with Crippen LogP contribution in [0.4, 0.5) is 0 Å². The van der Waals surface area contributed by atoms with Crippen LogP contribution in [0.15, 0.2) is 0 Å². The van der Waals surface area contributed by atoms with Crippen LogP contribution in [0, 0.1) is 0 Å². The van der Waals surface area contributed by atoms with Gasteiger partial charge in [0.15, 0.2) is 0 Å². The summed E-state index contributed by atoms with van der Waals surface area (Å²) in [6.07, 6.45) is 5.77. The van der Waals surface area contributed by atoms with Crippen LogP contribution in [0.1, 0.15) is 52.9 Å². The molecular formula is C15H30N2O2. The highest BCUT2D eigenvalue weighted by molar-refractivity contribution is 4.90. The molecule has 0 heterocycles. The molecule has 4 heteroatoms. The van der Waals surface area contributed by atoms with Gasteiger partial charge in [0.1, 0.15) is 0 Å². The molecule has 3 N–H and O–H groups in total. The summed E-state index contributed by atoms with van der Waals surface area (Å²) in [5.41, 5.74) is 0. The predicted molar refractivity (Wildman–Crippen MR) is 77.3 cm³/mol. The van der Waals surface area contributed by atoms with Crippen LogP contribution in [0.3, 0.4) is 0 Å². The predicted octanol–water partition coefficient (Wildman–Crippen LogP) is 1.42. The van der Waals surface area contributed by atoms with Gasteiger partial charge in [-0.1, -0.05) is 13.8 Å². The minimum absolute atomic E-state index is 0.165. The van der Waals surface area contributed by atoms with Crippen LogP contribution < -0.4 is 10.6 Å². The zero-order valence-electron chi connectivity index (χ0n) is 12.6. The number of rotatable bonds is 7. The van der Waals surface area contributed by atoms with Gasteiger partial charge in [0.2, 0.25) is 0 Å². The number of hydrogen-bond donors (Lipinski definition) is 3. The standard InChI is InChI=1S/C15H30N2O2/c1-10(2)16-13-7-8-15(13)19-9-11(3)17-12-5-4-6-14(12)18/h10-18H,4-9H2,1-3H3. The highest BCUT2D eigenvalue weighted by atomic mass is 16.5.